The first kappa shape index (κ1) is 16.5. The second-order valence-electron chi connectivity index (χ2n) is 6.00. The van der Waals surface area contributed by atoms with E-state index in [-0.39, 0.29) is 18.4 Å². The molecule has 0 spiro atoms. The summed E-state index contributed by atoms with van der Waals surface area (Å²) in [6, 6.07) is 16.3. The van der Waals surface area contributed by atoms with Crippen molar-refractivity contribution < 1.29 is 14.0 Å². The summed E-state index contributed by atoms with van der Waals surface area (Å²) < 4.78 is 14.0. The molecule has 1 aromatic heterocycles. The zero-order chi connectivity index (χ0) is 18.1. The molecule has 6 heteroatoms. The van der Waals surface area contributed by atoms with Crippen LogP contribution in [0.25, 0.3) is 0 Å². The lowest BCUT2D eigenvalue weighted by Crippen LogP contribution is -2.38. The van der Waals surface area contributed by atoms with Crippen LogP contribution in [0.3, 0.4) is 0 Å². The second-order valence-corrected chi connectivity index (χ2v) is 6.98. The summed E-state index contributed by atoms with van der Waals surface area (Å²) in [5.74, 6) is -0.981. The van der Waals surface area contributed by atoms with Crippen LogP contribution in [0.2, 0.25) is 0 Å². The zero-order valence-corrected chi connectivity index (χ0v) is 14.5. The highest BCUT2D eigenvalue weighted by Gasteiger charge is 2.34. The number of nitrogens with one attached hydrogen (secondary N) is 1. The van der Waals surface area contributed by atoms with Gasteiger partial charge < -0.3 is 10.2 Å². The van der Waals surface area contributed by atoms with Gasteiger partial charge >= 0.3 is 0 Å². The molecular weight excluding hydrogens is 351 g/mol. The molecule has 2 aromatic carbocycles. The largest absolute Gasteiger partial charge is 0.324 e. The molecule has 2 amide bonds. The van der Waals surface area contributed by atoms with Crippen LogP contribution >= 0.6 is 11.3 Å². The Morgan fingerprint density at radius 2 is 1.92 bits per heavy atom. The smallest absolute Gasteiger partial charge is 0.255 e. The van der Waals surface area contributed by atoms with Gasteiger partial charge in [-0.3, -0.25) is 9.59 Å². The van der Waals surface area contributed by atoms with Crippen molar-refractivity contribution in [2.24, 2.45) is 0 Å². The predicted molar refractivity (Wildman–Crippen MR) is 98.7 cm³/mol. The van der Waals surface area contributed by atoms with Gasteiger partial charge in [-0.15, -0.1) is 11.3 Å². The molecule has 4 nitrogen and oxygen atoms in total. The SMILES string of the molecule is O=C1CN(C(=O)c2ccccc2)C(c2cccs2)c2cc(F)ccc2N1. The van der Waals surface area contributed by atoms with Crippen molar-refractivity contribution in [3.05, 3.63) is 87.9 Å². The molecule has 4 rings (SSSR count). The molecule has 0 saturated heterocycles. The average molecular weight is 366 g/mol. The Morgan fingerprint density at radius 1 is 1.12 bits per heavy atom. The summed E-state index contributed by atoms with van der Waals surface area (Å²) in [5, 5.41) is 4.69. The lowest BCUT2D eigenvalue weighted by molar-refractivity contribution is -0.117. The molecule has 1 aliphatic rings. The number of hydrogen-bond acceptors (Lipinski definition) is 3. The van der Waals surface area contributed by atoms with Crippen molar-refractivity contribution in [1.82, 2.24) is 4.90 Å². The van der Waals surface area contributed by atoms with Gasteiger partial charge in [-0.25, -0.2) is 4.39 Å². The van der Waals surface area contributed by atoms with E-state index in [0.29, 0.717) is 16.8 Å². The minimum atomic E-state index is -0.535. The fraction of sp³-hybridized carbons (Fsp3) is 0.100. The number of hydrogen-bond donors (Lipinski definition) is 1. The fourth-order valence-corrected chi connectivity index (χ4v) is 4.02. The minimum Gasteiger partial charge on any atom is -0.324 e. The topological polar surface area (TPSA) is 49.4 Å². The predicted octanol–water partition coefficient (Wildman–Crippen LogP) is 4.07. The zero-order valence-electron chi connectivity index (χ0n) is 13.7. The first-order valence-corrected chi connectivity index (χ1v) is 9.00. The molecule has 0 bridgehead atoms. The van der Waals surface area contributed by atoms with Crippen LogP contribution in [-0.4, -0.2) is 23.3 Å². The Bertz CT molecular complexity index is 957. The number of carbonyl (C=O) groups excluding carboxylic acids is 2. The first-order valence-electron chi connectivity index (χ1n) is 8.12. The Morgan fingerprint density at radius 3 is 2.65 bits per heavy atom. The third kappa shape index (κ3) is 2.99. The Hall–Kier alpha value is -2.99. The summed E-state index contributed by atoms with van der Waals surface area (Å²) >= 11 is 1.47. The maximum absolute atomic E-state index is 14.0. The van der Waals surface area contributed by atoms with Crippen LogP contribution in [-0.2, 0) is 4.79 Å². The highest BCUT2D eigenvalue weighted by Crippen LogP contribution is 2.38. The minimum absolute atomic E-state index is 0.105. The third-order valence-electron chi connectivity index (χ3n) is 4.30. The molecule has 0 fully saturated rings. The van der Waals surface area contributed by atoms with Gasteiger partial charge in [0.2, 0.25) is 5.91 Å². The Labute approximate surface area is 153 Å². The molecule has 130 valence electrons. The second kappa shape index (κ2) is 6.72. The number of rotatable bonds is 2. The van der Waals surface area contributed by atoms with Crippen molar-refractivity contribution >= 4 is 28.8 Å². The number of thiophene rings is 1. The van der Waals surface area contributed by atoms with E-state index in [1.54, 1.807) is 30.3 Å². The van der Waals surface area contributed by atoms with Gasteiger partial charge in [0.15, 0.2) is 0 Å². The molecule has 1 N–H and O–H groups in total. The molecule has 0 radical (unpaired) electrons. The highest BCUT2D eigenvalue weighted by molar-refractivity contribution is 7.10. The van der Waals surface area contributed by atoms with Crippen LogP contribution in [0, 0.1) is 5.82 Å². The number of amides is 2. The normalized spacial score (nSPS) is 16.6. The van der Waals surface area contributed by atoms with Crippen molar-refractivity contribution in [3.63, 3.8) is 0 Å². The molecule has 0 aliphatic carbocycles. The van der Waals surface area contributed by atoms with Crippen LogP contribution in [0.4, 0.5) is 10.1 Å². The van der Waals surface area contributed by atoms with E-state index in [9.17, 15) is 14.0 Å². The van der Waals surface area contributed by atoms with E-state index < -0.39 is 11.9 Å². The molecule has 26 heavy (non-hydrogen) atoms. The van der Waals surface area contributed by atoms with Crippen LogP contribution in [0.15, 0.2) is 66.0 Å². The Kier molecular flexibility index (Phi) is 4.26. The van der Waals surface area contributed by atoms with Crippen molar-refractivity contribution in [2.75, 3.05) is 11.9 Å². The molecule has 2 heterocycles. The molecule has 3 aromatic rings. The number of carbonyl (C=O) groups is 2. The van der Waals surface area contributed by atoms with E-state index >= 15 is 0 Å². The van der Waals surface area contributed by atoms with Crippen molar-refractivity contribution in [2.45, 2.75) is 6.04 Å². The van der Waals surface area contributed by atoms with Gasteiger partial charge in [-0.05, 0) is 41.8 Å². The molecule has 1 aliphatic heterocycles. The number of halogens is 1. The third-order valence-corrected chi connectivity index (χ3v) is 5.23. The molecule has 1 unspecified atom stereocenters. The lowest BCUT2D eigenvalue weighted by atomic mass is 10.0. The summed E-state index contributed by atoms with van der Waals surface area (Å²) in [7, 11) is 0. The maximum atomic E-state index is 14.0. The van der Waals surface area contributed by atoms with Gasteiger partial charge in [0.05, 0.1) is 6.04 Å². The highest BCUT2D eigenvalue weighted by atomic mass is 32.1. The van der Waals surface area contributed by atoms with Crippen molar-refractivity contribution in [1.29, 1.82) is 0 Å². The summed E-state index contributed by atoms with van der Waals surface area (Å²) in [5.41, 5.74) is 1.59. The van der Waals surface area contributed by atoms with E-state index in [4.69, 9.17) is 0 Å². The average Bonchev–Trinajstić information content (AvgIpc) is 3.13. The van der Waals surface area contributed by atoms with Crippen LogP contribution in [0.5, 0.6) is 0 Å². The monoisotopic (exact) mass is 366 g/mol. The van der Waals surface area contributed by atoms with E-state index in [0.717, 1.165) is 4.88 Å². The van der Waals surface area contributed by atoms with Gasteiger partial charge in [-0.1, -0.05) is 24.3 Å². The number of anilines is 1. The summed E-state index contributed by atoms with van der Waals surface area (Å²) in [4.78, 5) is 27.9. The molecule has 0 saturated carbocycles. The lowest BCUT2D eigenvalue weighted by Gasteiger charge is -2.29. The van der Waals surface area contributed by atoms with Gasteiger partial charge in [0, 0.05) is 21.7 Å². The van der Waals surface area contributed by atoms with Gasteiger partial charge in [-0.2, -0.15) is 0 Å². The van der Waals surface area contributed by atoms with Crippen molar-refractivity contribution in [3.8, 4) is 0 Å². The quantitative estimate of drug-likeness (QED) is 0.743. The number of benzene rings is 2. The van der Waals surface area contributed by atoms with E-state index in [1.807, 2.05) is 23.6 Å². The van der Waals surface area contributed by atoms with Gasteiger partial charge in [0.1, 0.15) is 12.4 Å². The summed E-state index contributed by atoms with van der Waals surface area (Å²) in [6.45, 7) is -0.105. The molecule has 1 atom stereocenters. The molecular formula is C20H15FN2O2S. The van der Waals surface area contributed by atoms with E-state index in [2.05, 4.69) is 5.32 Å². The maximum Gasteiger partial charge on any atom is 0.255 e. The first-order chi connectivity index (χ1) is 12.6. The number of fused-ring (bicyclic) bond motifs is 1. The fourth-order valence-electron chi connectivity index (χ4n) is 3.17. The number of nitrogens with zero attached hydrogens (tertiary/aromatic N) is 1. The van der Waals surface area contributed by atoms with Crippen LogP contribution in [0.1, 0.15) is 26.8 Å². The van der Waals surface area contributed by atoms with Gasteiger partial charge in [0.25, 0.3) is 5.91 Å². The summed E-state index contributed by atoms with van der Waals surface area (Å²) in [6.07, 6.45) is 0. The van der Waals surface area contributed by atoms with E-state index in [1.165, 1.54) is 28.4 Å². The standard InChI is InChI=1S/C20H15FN2O2S/c21-14-8-9-16-15(11-14)19(17-7-4-10-26-17)23(12-18(24)22-16)20(25)13-5-2-1-3-6-13/h1-11,19H,12H2,(H,22,24). The van der Waals surface area contributed by atoms with Crippen LogP contribution < -0.4 is 5.32 Å². The Balaban J connectivity index is 1.88.